The molecule has 2 amide bonds. The topological polar surface area (TPSA) is 157 Å². The molecular weight excluding hydrogens is 924 g/mol. The van der Waals surface area contributed by atoms with Crippen LogP contribution in [0, 0.1) is 21.3 Å². The number of halogens is 1. The number of aliphatic hydroxyl groups excluding tert-OH is 2. The molecule has 5 aromatic rings. The van der Waals surface area contributed by atoms with Crippen LogP contribution in [0.5, 0.6) is 11.5 Å². The van der Waals surface area contributed by atoms with Gasteiger partial charge in [-0.3, -0.25) is 14.5 Å². The smallest absolute Gasteiger partial charge is 0.488 e. The number of rotatable bonds is 15. The predicted molar refractivity (Wildman–Crippen MR) is 258 cm³/mol. The van der Waals surface area contributed by atoms with Crippen LogP contribution in [0.15, 0.2) is 139 Å². The van der Waals surface area contributed by atoms with E-state index < -0.39 is 57.7 Å². The Morgan fingerprint density at radius 1 is 0.889 bits per heavy atom. The van der Waals surface area contributed by atoms with Gasteiger partial charge >= 0.3 is 7.12 Å². The lowest BCUT2D eigenvalue weighted by molar-refractivity contribution is -0.123. The lowest BCUT2D eigenvalue weighted by Crippen LogP contribution is -2.66. The number of carbonyl (C=O) groups is 2. The van der Waals surface area contributed by atoms with Crippen molar-refractivity contribution in [3.8, 4) is 11.5 Å². The molecule has 1 saturated heterocycles. The molecule has 1 aliphatic carbocycles. The number of imide groups is 1. The van der Waals surface area contributed by atoms with E-state index in [1.54, 1.807) is 18.2 Å². The van der Waals surface area contributed by atoms with E-state index in [-0.39, 0.29) is 41.4 Å². The number of allylic oxidation sites excluding steroid dienone is 1. The number of nitrogens with zero attached hydrogens (tertiary/aromatic N) is 1. The molecule has 1 fully saturated rings. The second kappa shape index (κ2) is 19.5. The van der Waals surface area contributed by atoms with Crippen molar-refractivity contribution in [2.24, 2.45) is 17.8 Å². The first-order valence-electron chi connectivity index (χ1n) is 21.1. The number of phenols is 1. The highest BCUT2D eigenvalue weighted by Gasteiger charge is 2.56. The quantitative estimate of drug-likeness (QED) is 0.0277. The molecule has 1 aliphatic heterocycles. The minimum atomic E-state index is -3.14. The van der Waals surface area contributed by atoms with Crippen LogP contribution in [0.1, 0.15) is 51.2 Å². The Balaban J connectivity index is 1.33. The van der Waals surface area contributed by atoms with Gasteiger partial charge in [0.05, 0.1) is 47.5 Å². The van der Waals surface area contributed by atoms with Gasteiger partial charge in [-0.05, 0) is 115 Å². The molecule has 0 unspecified atom stereocenters. The molecule has 5 aromatic carbocycles. The third kappa shape index (κ3) is 9.23. The summed E-state index contributed by atoms with van der Waals surface area (Å²) in [4.78, 5) is 30.1. The zero-order valence-corrected chi connectivity index (χ0v) is 39.0. The van der Waals surface area contributed by atoms with Crippen LogP contribution in [-0.4, -0.2) is 79.0 Å². The van der Waals surface area contributed by atoms with Gasteiger partial charge in [-0.25, -0.2) is 0 Å². The molecule has 1 heterocycles. The Kier molecular flexibility index (Phi) is 14.3. The van der Waals surface area contributed by atoms with Crippen LogP contribution < -0.4 is 25.5 Å². The van der Waals surface area contributed by atoms with Gasteiger partial charge in [0, 0.05) is 5.92 Å². The number of hydrogen-bond donors (Lipinski definition) is 5. The first-order chi connectivity index (χ1) is 30.2. The second-order valence-electron chi connectivity index (χ2n) is 17.3. The van der Waals surface area contributed by atoms with E-state index in [2.05, 4.69) is 67.6 Å². The van der Waals surface area contributed by atoms with Crippen LogP contribution in [0.2, 0.25) is 5.04 Å². The van der Waals surface area contributed by atoms with Gasteiger partial charge in [0.1, 0.15) is 0 Å². The third-order valence-electron chi connectivity index (χ3n) is 12.5. The standard InChI is InChI=1S/C50H53BINO9Si/c1-50(2,3)63(38-19-10-6-11-20-38,39-21-12-7-13-22-39)62-31-35-28-40-46(49(58)53(48(40)57)37-18-14-17-36(29-37)51(59)60)41(30-54)45(35)43(55)24-23-34(33-15-8-5-9-16-33)25-32-26-42(52)47(56)44(27-32)61-4/h5-22,25-27,29,40-41,43,46,54-56,59-60H,23-24,28,30-31H2,1-4H3/b34-25-/t40-,41+,43-,46-/m1/s1. The summed E-state index contributed by atoms with van der Waals surface area (Å²) in [6.07, 6.45) is 1.57. The number of amides is 2. The molecule has 5 N–H and O–H groups in total. The van der Waals surface area contributed by atoms with E-state index in [1.165, 1.54) is 19.2 Å². The number of ether oxygens (including phenoxy) is 1. The average Bonchev–Trinajstić information content (AvgIpc) is 3.54. The number of hydrogen-bond acceptors (Lipinski definition) is 9. The summed E-state index contributed by atoms with van der Waals surface area (Å²) in [6, 6.07) is 39.8. The van der Waals surface area contributed by atoms with E-state index in [1.807, 2.05) is 78.9 Å². The van der Waals surface area contributed by atoms with E-state index in [4.69, 9.17) is 9.16 Å². The molecule has 13 heteroatoms. The lowest BCUT2D eigenvalue weighted by atomic mass is 9.68. The fourth-order valence-corrected chi connectivity index (χ4v) is 14.7. The van der Waals surface area contributed by atoms with Crippen molar-refractivity contribution in [1.82, 2.24) is 0 Å². The van der Waals surface area contributed by atoms with E-state index in [9.17, 15) is 35.0 Å². The molecule has 0 spiro atoms. The van der Waals surface area contributed by atoms with Gasteiger partial charge in [0.2, 0.25) is 11.8 Å². The molecule has 0 radical (unpaired) electrons. The SMILES string of the molecule is COc1cc(/C=C(/CC[C@@H](O)C2=C(CO[Si](c3ccccc3)(c3ccccc3)C(C)(C)C)C[C@H]3C(=O)N(c4cccc(B(O)O)c4)C(=O)[C@H]3[C@H]2CO)c2ccccc2)cc(I)c1O. The maximum Gasteiger partial charge on any atom is 0.488 e. The summed E-state index contributed by atoms with van der Waals surface area (Å²) in [5.41, 5.74) is 4.12. The van der Waals surface area contributed by atoms with Crippen LogP contribution in [0.4, 0.5) is 5.69 Å². The number of phenolic OH excluding ortho intramolecular Hbond substituents is 1. The molecule has 7 rings (SSSR count). The summed E-state index contributed by atoms with van der Waals surface area (Å²) in [5, 5.41) is 56.1. The first kappa shape index (κ1) is 46.1. The monoisotopic (exact) mass is 977 g/mol. The lowest BCUT2D eigenvalue weighted by Gasteiger charge is -2.44. The highest BCUT2D eigenvalue weighted by molar-refractivity contribution is 14.1. The van der Waals surface area contributed by atoms with Crippen LogP contribution in [-0.2, 0) is 14.0 Å². The number of fused-ring (bicyclic) bond motifs is 1. The van der Waals surface area contributed by atoms with Crippen molar-refractivity contribution in [2.45, 2.75) is 51.2 Å². The summed E-state index contributed by atoms with van der Waals surface area (Å²) in [7, 11) is -3.45. The normalized spacial score (nSPS) is 18.7. The molecule has 10 nitrogen and oxygen atoms in total. The van der Waals surface area contributed by atoms with Crippen LogP contribution >= 0.6 is 22.6 Å². The third-order valence-corrected chi connectivity index (χ3v) is 18.3. The number of aliphatic hydroxyl groups is 2. The van der Waals surface area contributed by atoms with Crippen LogP contribution in [0.3, 0.4) is 0 Å². The first-order valence-corrected chi connectivity index (χ1v) is 24.1. The zero-order valence-electron chi connectivity index (χ0n) is 35.8. The highest BCUT2D eigenvalue weighted by Crippen LogP contribution is 2.48. The van der Waals surface area contributed by atoms with Crippen molar-refractivity contribution in [2.75, 3.05) is 25.2 Å². The van der Waals surface area contributed by atoms with Crippen molar-refractivity contribution in [3.05, 3.63) is 153 Å². The Labute approximate surface area is 384 Å². The molecule has 63 heavy (non-hydrogen) atoms. The number of benzene rings is 5. The molecule has 0 aromatic heterocycles. The van der Waals surface area contributed by atoms with Gasteiger partial charge in [-0.2, -0.15) is 0 Å². The molecule has 0 bridgehead atoms. The molecular formula is C50H53BINO9Si. The van der Waals surface area contributed by atoms with Crippen molar-refractivity contribution < 1.29 is 44.1 Å². The van der Waals surface area contributed by atoms with Crippen molar-refractivity contribution >= 4 is 83.0 Å². The van der Waals surface area contributed by atoms with Crippen molar-refractivity contribution in [3.63, 3.8) is 0 Å². The van der Waals surface area contributed by atoms with Gasteiger partial charge < -0.3 is 34.5 Å². The maximum atomic E-state index is 14.6. The largest absolute Gasteiger partial charge is 0.504 e. The van der Waals surface area contributed by atoms with E-state index >= 15 is 0 Å². The van der Waals surface area contributed by atoms with Gasteiger partial charge in [-0.15, -0.1) is 0 Å². The second-order valence-corrected chi connectivity index (χ2v) is 22.7. The van der Waals surface area contributed by atoms with Gasteiger partial charge in [0.15, 0.2) is 11.5 Å². The number of aromatic hydroxyl groups is 1. The Hall–Kier alpha value is -4.87. The molecule has 326 valence electrons. The molecule has 2 aliphatic rings. The fraction of sp³-hybridized carbons (Fsp3) is 0.280. The summed E-state index contributed by atoms with van der Waals surface area (Å²) in [5.74, 6) is -3.36. The summed E-state index contributed by atoms with van der Waals surface area (Å²) >= 11 is 2.06. The summed E-state index contributed by atoms with van der Waals surface area (Å²) in [6.45, 7) is 6.06. The Bertz CT molecular complexity index is 2450. The maximum absolute atomic E-state index is 14.6. The highest BCUT2D eigenvalue weighted by atomic mass is 127. The average molecular weight is 978 g/mol. The van der Waals surface area contributed by atoms with Gasteiger partial charge in [0.25, 0.3) is 8.32 Å². The molecule has 0 saturated carbocycles. The number of anilines is 1. The zero-order chi connectivity index (χ0) is 45.1. The minimum Gasteiger partial charge on any atom is -0.504 e. The Morgan fingerprint density at radius 2 is 1.51 bits per heavy atom. The van der Waals surface area contributed by atoms with E-state index in [0.717, 1.165) is 32.0 Å². The Morgan fingerprint density at radius 3 is 2.08 bits per heavy atom. The number of carbonyl (C=O) groups excluding carboxylic acids is 2. The van der Waals surface area contributed by atoms with Gasteiger partial charge in [-0.1, -0.05) is 130 Å². The predicted octanol–water partition coefficient (Wildman–Crippen LogP) is 6.06. The van der Waals surface area contributed by atoms with Crippen LogP contribution in [0.25, 0.3) is 11.6 Å². The minimum absolute atomic E-state index is 0.0418. The molecule has 4 atom stereocenters. The van der Waals surface area contributed by atoms with E-state index in [0.29, 0.717) is 26.9 Å². The van der Waals surface area contributed by atoms with Crippen molar-refractivity contribution in [1.29, 1.82) is 0 Å². The fourth-order valence-electron chi connectivity index (χ4n) is 9.56. The summed E-state index contributed by atoms with van der Waals surface area (Å²) < 4.78 is 13.5. The number of methoxy groups -OCH3 is 1.